The van der Waals surface area contributed by atoms with Gasteiger partial charge in [0.25, 0.3) is 0 Å². The zero-order valence-corrected chi connectivity index (χ0v) is 19.8. The van der Waals surface area contributed by atoms with Crippen molar-refractivity contribution in [1.82, 2.24) is 0 Å². The molecule has 0 aliphatic heterocycles. The van der Waals surface area contributed by atoms with Gasteiger partial charge in [-0.05, 0) is 112 Å². The predicted octanol–water partition coefficient (Wildman–Crippen LogP) is 8.99. The Hall–Kier alpha value is -2.14. The summed E-state index contributed by atoms with van der Waals surface area (Å²) in [4.78, 5) is 0. The fourth-order valence-corrected chi connectivity index (χ4v) is 5.49. The Bertz CT molecular complexity index is 794. The molecule has 1 nitrogen and oxygen atoms in total. The van der Waals surface area contributed by atoms with Gasteiger partial charge in [-0.1, -0.05) is 61.9 Å². The first kappa shape index (κ1) is 24.5. The zero-order chi connectivity index (χ0) is 22.6. The molecule has 0 unspecified atom stereocenters. The Kier molecular flexibility index (Phi) is 10.3. The molecule has 0 aromatic heterocycles. The summed E-state index contributed by atoms with van der Waals surface area (Å²) in [6, 6.07) is 10.9. The number of allylic oxidation sites excluding steroid dienone is 6. The molecule has 1 aromatic rings. The van der Waals surface area contributed by atoms with Crippen molar-refractivity contribution in [2.75, 3.05) is 0 Å². The predicted molar refractivity (Wildman–Crippen MR) is 133 cm³/mol. The van der Waals surface area contributed by atoms with Crippen LogP contribution in [0.4, 0.5) is 4.39 Å². The number of rotatable bonds is 9. The molecule has 2 fully saturated rings. The van der Waals surface area contributed by atoms with Gasteiger partial charge < -0.3 is 0 Å². The molecule has 2 saturated carbocycles. The number of halogens is 1. The van der Waals surface area contributed by atoms with E-state index < -0.39 is 5.83 Å². The Morgan fingerprint density at radius 2 is 1.59 bits per heavy atom. The fourth-order valence-electron chi connectivity index (χ4n) is 5.49. The molecule has 0 N–H and O–H groups in total. The van der Waals surface area contributed by atoms with Crippen LogP contribution in [0.5, 0.6) is 0 Å². The molecule has 2 heteroatoms. The lowest BCUT2D eigenvalue weighted by atomic mass is 9.77. The quantitative estimate of drug-likeness (QED) is 0.216. The minimum absolute atomic E-state index is 0.719. The molecule has 32 heavy (non-hydrogen) atoms. The molecule has 1 aromatic carbocycles. The van der Waals surface area contributed by atoms with Gasteiger partial charge in [-0.3, -0.25) is 0 Å². The molecule has 0 amide bonds. The van der Waals surface area contributed by atoms with Crippen LogP contribution in [0.25, 0.3) is 0 Å². The molecule has 0 saturated heterocycles. The lowest BCUT2D eigenvalue weighted by Gasteiger charge is -2.29. The van der Waals surface area contributed by atoms with E-state index in [0.29, 0.717) is 0 Å². The molecular formula is C30H40FN. The topological polar surface area (TPSA) is 23.8 Å². The van der Waals surface area contributed by atoms with Crippen LogP contribution in [-0.4, -0.2) is 0 Å². The van der Waals surface area contributed by atoms with Gasteiger partial charge >= 0.3 is 0 Å². The van der Waals surface area contributed by atoms with Crippen LogP contribution in [0.3, 0.4) is 0 Å². The van der Waals surface area contributed by atoms with E-state index >= 15 is 0 Å². The summed E-state index contributed by atoms with van der Waals surface area (Å²) in [5, 5.41) is 8.40. The van der Waals surface area contributed by atoms with E-state index in [1.807, 2.05) is 6.08 Å². The van der Waals surface area contributed by atoms with Crippen LogP contribution in [0, 0.1) is 29.1 Å². The van der Waals surface area contributed by atoms with Gasteiger partial charge in [0.05, 0.1) is 0 Å². The first-order valence-corrected chi connectivity index (χ1v) is 12.9. The SMILES string of the molecule is CCCc1ccc(C2CCC(C=CC3CCC(CCC=CC=C(F)C#N)CC3)CC2)cc1. The Morgan fingerprint density at radius 1 is 0.969 bits per heavy atom. The van der Waals surface area contributed by atoms with Crippen LogP contribution in [0.2, 0.25) is 0 Å². The van der Waals surface area contributed by atoms with E-state index in [-0.39, 0.29) is 0 Å². The minimum atomic E-state index is -0.719. The van der Waals surface area contributed by atoms with E-state index in [4.69, 9.17) is 5.26 Å². The average molecular weight is 434 g/mol. The lowest BCUT2D eigenvalue weighted by molar-refractivity contribution is 0.295. The summed E-state index contributed by atoms with van der Waals surface area (Å²) in [5.74, 6) is 2.37. The zero-order valence-electron chi connectivity index (χ0n) is 19.8. The molecule has 0 spiro atoms. The molecule has 0 bridgehead atoms. The number of nitrogens with zero attached hydrogens (tertiary/aromatic N) is 1. The van der Waals surface area contributed by atoms with Crippen molar-refractivity contribution in [2.24, 2.45) is 17.8 Å². The van der Waals surface area contributed by atoms with Gasteiger partial charge in [-0.25, -0.2) is 0 Å². The van der Waals surface area contributed by atoms with E-state index in [9.17, 15) is 4.39 Å². The maximum Gasteiger partial charge on any atom is 0.199 e. The summed E-state index contributed by atoms with van der Waals surface area (Å²) in [6.07, 6.45) is 25.1. The molecule has 2 aliphatic carbocycles. The number of aryl methyl sites for hydroxylation is 1. The van der Waals surface area contributed by atoms with Crippen LogP contribution in [0.15, 0.2) is 60.5 Å². The van der Waals surface area contributed by atoms with Crippen molar-refractivity contribution in [3.05, 3.63) is 71.6 Å². The first-order chi connectivity index (χ1) is 15.7. The summed E-state index contributed by atoms with van der Waals surface area (Å²) >= 11 is 0. The van der Waals surface area contributed by atoms with Gasteiger partial charge in [-0.15, -0.1) is 0 Å². The van der Waals surface area contributed by atoms with Crippen LogP contribution >= 0.6 is 0 Å². The number of benzene rings is 1. The molecular weight excluding hydrogens is 393 g/mol. The standard InChI is InChI=1S/C30H40FN/c1-2-6-24-15-19-28(20-16-24)29-21-17-27(18-22-29)14-13-26-11-9-25(10-12-26)7-4-3-5-8-30(31)23-32/h3,5,8,13-16,19-20,25-27,29H,2,4,6-7,9-12,17-18,21-22H2,1H3. The monoisotopic (exact) mass is 433 g/mol. The van der Waals surface area contributed by atoms with Gasteiger partial charge in [0.2, 0.25) is 0 Å². The number of nitriles is 1. The van der Waals surface area contributed by atoms with Crippen LogP contribution < -0.4 is 0 Å². The minimum Gasteiger partial charge on any atom is -0.195 e. The van der Waals surface area contributed by atoms with Crippen molar-refractivity contribution < 1.29 is 4.39 Å². The largest absolute Gasteiger partial charge is 0.199 e. The maximum atomic E-state index is 12.7. The van der Waals surface area contributed by atoms with E-state index in [0.717, 1.165) is 30.1 Å². The van der Waals surface area contributed by atoms with Crippen molar-refractivity contribution in [1.29, 1.82) is 5.26 Å². The van der Waals surface area contributed by atoms with Gasteiger partial charge in [-0.2, -0.15) is 9.65 Å². The summed E-state index contributed by atoms with van der Waals surface area (Å²) in [5.41, 5.74) is 3.02. The normalized spacial score (nSPS) is 27.1. The maximum absolute atomic E-state index is 12.7. The number of hydrogen-bond acceptors (Lipinski definition) is 1. The highest BCUT2D eigenvalue weighted by molar-refractivity contribution is 5.26. The van der Waals surface area contributed by atoms with E-state index in [2.05, 4.69) is 43.3 Å². The van der Waals surface area contributed by atoms with Crippen molar-refractivity contribution in [2.45, 2.75) is 89.9 Å². The fraction of sp³-hybridized carbons (Fsp3) is 0.567. The molecule has 0 atom stereocenters. The van der Waals surface area contributed by atoms with Gasteiger partial charge in [0.15, 0.2) is 5.83 Å². The summed E-state index contributed by atoms with van der Waals surface area (Å²) in [7, 11) is 0. The Labute approximate surface area is 195 Å². The highest BCUT2D eigenvalue weighted by Crippen LogP contribution is 2.38. The summed E-state index contributed by atoms with van der Waals surface area (Å²) in [6.45, 7) is 2.25. The Balaban J connectivity index is 1.33. The van der Waals surface area contributed by atoms with Crippen LogP contribution in [-0.2, 0) is 6.42 Å². The van der Waals surface area contributed by atoms with Crippen molar-refractivity contribution >= 4 is 0 Å². The van der Waals surface area contributed by atoms with Crippen molar-refractivity contribution in [3.8, 4) is 6.07 Å². The molecule has 172 valence electrons. The third-order valence-electron chi connectivity index (χ3n) is 7.54. The van der Waals surface area contributed by atoms with Crippen molar-refractivity contribution in [3.63, 3.8) is 0 Å². The second-order valence-electron chi connectivity index (χ2n) is 9.90. The molecule has 0 heterocycles. The first-order valence-electron chi connectivity index (χ1n) is 12.9. The third-order valence-corrected chi connectivity index (χ3v) is 7.54. The Morgan fingerprint density at radius 3 is 2.19 bits per heavy atom. The third kappa shape index (κ3) is 8.09. The molecule has 2 aliphatic rings. The molecule has 0 radical (unpaired) electrons. The van der Waals surface area contributed by atoms with Gasteiger partial charge in [0.1, 0.15) is 6.07 Å². The smallest absolute Gasteiger partial charge is 0.195 e. The van der Waals surface area contributed by atoms with E-state index in [1.54, 1.807) is 11.6 Å². The lowest BCUT2D eigenvalue weighted by Crippen LogP contribution is -2.14. The van der Waals surface area contributed by atoms with E-state index in [1.165, 1.54) is 88.3 Å². The second kappa shape index (κ2) is 13.4. The van der Waals surface area contributed by atoms with Gasteiger partial charge in [0, 0.05) is 0 Å². The second-order valence-corrected chi connectivity index (χ2v) is 9.90. The highest BCUT2D eigenvalue weighted by atomic mass is 19.1. The molecule has 3 rings (SSSR count). The van der Waals surface area contributed by atoms with Crippen LogP contribution in [0.1, 0.15) is 94.6 Å². The average Bonchev–Trinajstić information content (AvgIpc) is 2.84. The summed E-state index contributed by atoms with van der Waals surface area (Å²) < 4.78 is 12.7. The highest BCUT2D eigenvalue weighted by Gasteiger charge is 2.22. The number of hydrogen-bond donors (Lipinski definition) is 0.